The molecule has 3 nitrogen and oxygen atoms in total. The van der Waals surface area contributed by atoms with E-state index in [4.69, 9.17) is 9.05 Å². The van der Waals surface area contributed by atoms with Crippen molar-refractivity contribution >= 4 is 7.60 Å². The second-order valence-corrected chi connectivity index (χ2v) is 5.56. The Morgan fingerprint density at radius 3 is 2.13 bits per heavy atom. The lowest BCUT2D eigenvalue weighted by atomic mass is 10.1. The van der Waals surface area contributed by atoms with Crippen molar-refractivity contribution in [2.75, 3.05) is 13.2 Å². The standard InChI is InChI=1S/C11H21O3P/c1-4-10(11-7-8-11)9-15(12,13-5-2)14-6-3/h9,11H,4-8H2,1-3H3. The van der Waals surface area contributed by atoms with E-state index >= 15 is 0 Å². The number of hydrogen-bond donors (Lipinski definition) is 0. The van der Waals surface area contributed by atoms with E-state index in [0.717, 1.165) is 6.42 Å². The van der Waals surface area contributed by atoms with Crippen molar-refractivity contribution < 1.29 is 13.6 Å². The molecule has 1 aliphatic carbocycles. The van der Waals surface area contributed by atoms with Gasteiger partial charge in [-0.25, -0.2) is 0 Å². The molecule has 0 N–H and O–H groups in total. The normalized spacial score (nSPS) is 18.2. The predicted octanol–water partition coefficient (Wildman–Crippen LogP) is 3.96. The third kappa shape index (κ3) is 4.10. The average Bonchev–Trinajstić information content (AvgIpc) is 2.98. The van der Waals surface area contributed by atoms with E-state index < -0.39 is 7.60 Å². The Hall–Kier alpha value is -0.110. The zero-order chi connectivity index (χ0) is 11.3. The molecule has 4 heteroatoms. The number of allylic oxidation sites excluding steroid dienone is 1. The Balaban J connectivity index is 2.73. The van der Waals surface area contributed by atoms with Gasteiger partial charge in [-0.15, -0.1) is 0 Å². The average molecular weight is 232 g/mol. The van der Waals surface area contributed by atoms with Gasteiger partial charge >= 0.3 is 7.60 Å². The van der Waals surface area contributed by atoms with Crippen molar-refractivity contribution in [3.8, 4) is 0 Å². The fourth-order valence-electron chi connectivity index (χ4n) is 1.61. The fraction of sp³-hybridized carbons (Fsp3) is 0.818. The molecule has 0 atom stereocenters. The van der Waals surface area contributed by atoms with Crippen LogP contribution >= 0.6 is 7.60 Å². The Kier molecular flexibility index (Phi) is 5.04. The third-order valence-electron chi connectivity index (χ3n) is 2.45. The molecule has 88 valence electrons. The van der Waals surface area contributed by atoms with Gasteiger partial charge in [0, 0.05) is 5.82 Å². The SMILES string of the molecule is CCOP(=O)(C=C(CC)C1CC1)OCC. The summed E-state index contributed by atoms with van der Waals surface area (Å²) in [7, 11) is -2.97. The fourth-order valence-corrected chi connectivity index (χ4v) is 3.36. The summed E-state index contributed by atoms with van der Waals surface area (Å²) in [5.74, 6) is 2.38. The maximum atomic E-state index is 12.2. The second-order valence-electron chi connectivity index (χ2n) is 3.71. The monoisotopic (exact) mass is 232 g/mol. The van der Waals surface area contributed by atoms with Crippen LogP contribution in [0.3, 0.4) is 0 Å². The third-order valence-corrected chi connectivity index (χ3v) is 4.34. The number of rotatable bonds is 7. The summed E-state index contributed by atoms with van der Waals surface area (Å²) >= 11 is 0. The molecule has 0 spiro atoms. The van der Waals surface area contributed by atoms with Crippen LogP contribution in [0.5, 0.6) is 0 Å². The molecule has 0 radical (unpaired) electrons. The van der Waals surface area contributed by atoms with E-state index in [0.29, 0.717) is 19.1 Å². The quantitative estimate of drug-likeness (QED) is 0.623. The first kappa shape index (κ1) is 13.0. The highest BCUT2D eigenvalue weighted by Gasteiger charge is 2.29. The van der Waals surface area contributed by atoms with Crippen LogP contribution in [0.15, 0.2) is 11.4 Å². The molecule has 0 aromatic heterocycles. The summed E-state index contributed by atoms with van der Waals surface area (Å²) in [6.45, 7) is 6.61. The molecule has 1 fully saturated rings. The Morgan fingerprint density at radius 1 is 1.27 bits per heavy atom. The molecule has 0 aromatic carbocycles. The van der Waals surface area contributed by atoms with Gasteiger partial charge in [0.05, 0.1) is 13.2 Å². The second kappa shape index (κ2) is 5.83. The van der Waals surface area contributed by atoms with Crippen molar-refractivity contribution in [1.82, 2.24) is 0 Å². The van der Waals surface area contributed by atoms with Crippen LogP contribution in [0.4, 0.5) is 0 Å². The maximum absolute atomic E-state index is 12.2. The molecule has 0 bridgehead atoms. The van der Waals surface area contributed by atoms with E-state index in [9.17, 15) is 4.57 Å². The maximum Gasteiger partial charge on any atom is 0.354 e. The summed E-state index contributed by atoms with van der Waals surface area (Å²) in [6.07, 6.45) is 3.38. The lowest BCUT2D eigenvalue weighted by Gasteiger charge is -2.14. The van der Waals surface area contributed by atoms with Crippen LogP contribution in [0.1, 0.15) is 40.0 Å². The molecule has 0 saturated heterocycles. The topological polar surface area (TPSA) is 35.5 Å². The molecule has 0 heterocycles. The minimum absolute atomic E-state index is 0.426. The Morgan fingerprint density at radius 2 is 1.80 bits per heavy atom. The van der Waals surface area contributed by atoms with E-state index in [-0.39, 0.29) is 0 Å². The van der Waals surface area contributed by atoms with Gasteiger partial charge in [-0.2, -0.15) is 0 Å². The van der Waals surface area contributed by atoms with Gasteiger partial charge in [0.15, 0.2) is 0 Å². The first-order chi connectivity index (χ1) is 7.15. The van der Waals surface area contributed by atoms with Crippen LogP contribution in [0.2, 0.25) is 0 Å². The zero-order valence-electron chi connectivity index (χ0n) is 9.86. The summed E-state index contributed by atoms with van der Waals surface area (Å²) in [6, 6.07) is 0. The predicted molar refractivity (Wildman–Crippen MR) is 62.0 cm³/mol. The Labute approximate surface area is 92.4 Å². The molecule has 0 aliphatic heterocycles. The first-order valence-corrected chi connectivity index (χ1v) is 7.36. The van der Waals surface area contributed by atoms with Crippen LogP contribution < -0.4 is 0 Å². The number of hydrogen-bond acceptors (Lipinski definition) is 3. The molecule has 1 saturated carbocycles. The van der Waals surface area contributed by atoms with Gasteiger partial charge in [-0.1, -0.05) is 12.5 Å². The summed E-state index contributed by atoms with van der Waals surface area (Å²) < 4.78 is 22.7. The van der Waals surface area contributed by atoms with Crippen LogP contribution in [0.25, 0.3) is 0 Å². The minimum Gasteiger partial charge on any atom is -0.306 e. The van der Waals surface area contributed by atoms with Gasteiger partial charge in [-0.3, -0.25) is 4.57 Å². The molecule has 0 aromatic rings. The Bertz CT molecular complexity index is 259. The van der Waals surface area contributed by atoms with Crippen molar-refractivity contribution in [2.45, 2.75) is 40.0 Å². The largest absolute Gasteiger partial charge is 0.354 e. The molecule has 1 aliphatic rings. The highest BCUT2D eigenvalue weighted by atomic mass is 31.2. The molecule has 0 amide bonds. The molecular formula is C11H21O3P. The minimum atomic E-state index is -2.97. The van der Waals surface area contributed by atoms with Gasteiger partial charge in [0.2, 0.25) is 0 Å². The van der Waals surface area contributed by atoms with Crippen molar-refractivity contribution in [3.63, 3.8) is 0 Å². The van der Waals surface area contributed by atoms with E-state index in [1.807, 2.05) is 13.8 Å². The highest BCUT2D eigenvalue weighted by Crippen LogP contribution is 2.53. The van der Waals surface area contributed by atoms with Crippen LogP contribution in [-0.4, -0.2) is 13.2 Å². The molecule has 1 rings (SSSR count). The lowest BCUT2D eigenvalue weighted by molar-refractivity contribution is 0.228. The van der Waals surface area contributed by atoms with Crippen LogP contribution in [0, 0.1) is 5.92 Å². The first-order valence-electron chi connectivity index (χ1n) is 5.75. The van der Waals surface area contributed by atoms with Crippen molar-refractivity contribution in [2.24, 2.45) is 5.92 Å². The smallest absolute Gasteiger partial charge is 0.306 e. The summed E-state index contributed by atoms with van der Waals surface area (Å²) in [4.78, 5) is 0. The van der Waals surface area contributed by atoms with Gasteiger partial charge in [0.1, 0.15) is 0 Å². The van der Waals surface area contributed by atoms with E-state index in [2.05, 4.69) is 6.92 Å². The lowest BCUT2D eigenvalue weighted by Crippen LogP contribution is -1.95. The van der Waals surface area contributed by atoms with E-state index in [1.165, 1.54) is 18.4 Å². The highest BCUT2D eigenvalue weighted by molar-refractivity contribution is 7.57. The van der Waals surface area contributed by atoms with Gasteiger partial charge in [-0.05, 0) is 39.0 Å². The summed E-state index contributed by atoms with van der Waals surface area (Å²) in [5.41, 5.74) is 1.24. The zero-order valence-corrected chi connectivity index (χ0v) is 10.8. The van der Waals surface area contributed by atoms with Crippen LogP contribution in [-0.2, 0) is 13.6 Å². The molecule has 0 unspecified atom stereocenters. The molecular weight excluding hydrogens is 211 g/mol. The van der Waals surface area contributed by atoms with Crippen molar-refractivity contribution in [1.29, 1.82) is 0 Å². The van der Waals surface area contributed by atoms with Crippen molar-refractivity contribution in [3.05, 3.63) is 11.4 Å². The van der Waals surface area contributed by atoms with Gasteiger partial charge < -0.3 is 9.05 Å². The van der Waals surface area contributed by atoms with E-state index in [1.54, 1.807) is 5.82 Å². The molecule has 15 heavy (non-hydrogen) atoms. The summed E-state index contributed by atoms with van der Waals surface area (Å²) in [5, 5.41) is 0. The van der Waals surface area contributed by atoms with Gasteiger partial charge in [0.25, 0.3) is 0 Å².